The van der Waals surface area contributed by atoms with Crippen LogP contribution in [-0.4, -0.2) is 40.1 Å². The van der Waals surface area contributed by atoms with Crippen molar-refractivity contribution < 1.29 is 9.90 Å². The Balaban J connectivity index is 1.86. The number of pyridine rings is 1. The maximum absolute atomic E-state index is 12.6. The third kappa shape index (κ3) is 2.99. The number of rotatable bonds is 5. The van der Waals surface area contributed by atoms with E-state index >= 15 is 0 Å². The van der Waals surface area contributed by atoms with Crippen LogP contribution in [0.3, 0.4) is 0 Å². The topological polar surface area (TPSA) is 53.4 Å². The third-order valence-corrected chi connectivity index (χ3v) is 4.41. The number of nitrogens with zero attached hydrogens (tertiary/aromatic N) is 2. The van der Waals surface area contributed by atoms with Crippen LogP contribution >= 0.6 is 11.3 Å². The van der Waals surface area contributed by atoms with Crippen LogP contribution in [0.2, 0.25) is 0 Å². The minimum atomic E-state index is -0.0200. The van der Waals surface area contributed by atoms with Crippen LogP contribution in [0.1, 0.15) is 28.9 Å². The van der Waals surface area contributed by atoms with Gasteiger partial charge in [0, 0.05) is 23.5 Å². The van der Waals surface area contributed by atoms with Gasteiger partial charge in [0.25, 0.3) is 5.91 Å². The minimum Gasteiger partial charge on any atom is -0.395 e. The zero-order chi connectivity index (χ0) is 14.8. The van der Waals surface area contributed by atoms with E-state index in [-0.39, 0.29) is 12.5 Å². The second-order valence-electron chi connectivity index (χ2n) is 5.29. The molecule has 0 spiro atoms. The molecule has 0 aliphatic heterocycles. The van der Waals surface area contributed by atoms with Gasteiger partial charge in [-0.05, 0) is 43.3 Å². The first-order valence-electron chi connectivity index (χ1n) is 7.12. The van der Waals surface area contributed by atoms with Gasteiger partial charge in [-0.3, -0.25) is 9.78 Å². The molecule has 0 saturated heterocycles. The zero-order valence-electron chi connectivity index (χ0n) is 12.0. The first-order chi connectivity index (χ1) is 10.2. The van der Waals surface area contributed by atoms with Crippen LogP contribution in [0.15, 0.2) is 29.0 Å². The van der Waals surface area contributed by atoms with E-state index in [0.717, 1.165) is 29.8 Å². The van der Waals surface area contributed by atoms with Gasteiger partial charge in [0.2, 0.25) is 0 Å². The average Bonchev–Trinajstić information content (AvgIpc) is 3.17. The van der Waals surface area contributed by atoms with Crippen molar-refractivity contribution in [3.05, 3.63) is 40.2 Å². The first kappa shape index (κ1) is 14.2. The fraction of sp³-hybridized carbons (Fsp3) is 0.375. The number of aryl methyl sites for hydroxylation is 1. The highest BCUT2D eigenvalue weighted by Gasteiger charge is 2.33. The zero-order valence-corrected chi connectivity index (χ0v) is 12.8. The molecule has 1 fully saturated rings. The Labute approximate surface area is 128 Å². The van der Waals surface area contributed by atoms with Crippen LogP contribution in [0.4, 0.5) is 0 Å². The molecule has 5 heteroatoms. The molecule has 0 bridgehead atoms. The summed E-state index contributed by atoms with van der Waals surface area (Å²) in [5.41, 5.74) is 3.35. The molecule has 2 heterocycles. The monoisotopic (exact) mass is 302 g/mol. The molecule has 0 atom stereocenters. The van der Waals surface area contributed by atoms with Gasteiger partial charge in [-0.2, -0.15) is 11.3 Å². The van der Waals surface area contributed by atoms with Crippen molar-refractivity contribution in [1.29, 1.82) is 0 Å². The van der Waals surface area contributed by atoms with E-state index in [1.807, 2.05) is 35.9 Å². The van der Waals surface area contributed by atoms with E-state index in [2.05, 4.69) is 4.98 Å². The summed E-state index contributed by atoms with van der Waals surface area (Å²) < 4.78 is 0. The molecule has 0 radical (unpaired) electrons. The maximum atomic E-state index is 12.6. The molecule has 2 aromatic rings. The van der Waals surface area contributed by atoms with E-state index in [4.69, 9.17) is 5.11 Å². The predicted octanol–water partition coefficient (Wildman–Crippen LogP) is 2.72. The summed E-state index contributed by atoms with van der Waals surface area (Å²) in [6, 6.07) is 6.06. The smallest absolute Gasteiger partial charge is 0.256 e. The lowest BCUT2D eigenvalue weighted by Crippen LogP contribution is -2.36. The van der Waals surface area contributed by atoms with Gasteiger partial charge >= 0.3 is 0 Å². The molecule has 1 saturated carbocycles. The van der Waals surface area contributed by atoms with Crippen LogP contribution in [-0.2, 0) is 0 Å². The van der Waals surface area contributed by atoms with Crippen molar-refractivity contribution in [3.63, 3.8) is 0 Å². The fourth-order valence-electron chi connectivity index (χ4n) is 2.46. The standard InChI is InChI=1S/C16H18N2O2S/c1-11-14(16(20)18(7-8-19)13-2-3-13)4-5-15(17-11)12-6-9-21-10-12/h4-6,9-10,13,19H,2-3,7-8H2,1H3. The third-order valence-electron chi connectivity index (χ3n) is 3.72. The lowest BCUT2D eigenvalue weighted by Gasteiger charge is -2.22. The number of aromatic nitrogens is 1. The number of aliphatic hydroxyl groups is 1. The lowest BCUT2D eigenvalue weighted by molar-refractivity contribution is 0.0706. The van der Waals surface area contributed by atoms with E-state index in [9.17, 15) is 4.79 Å². The van der Waals surface area contributed by atoms with E-state index in [1.54, 1.807) is 16.2 Å². The first-order valence-corrected chi connectivity index (χ1v) is 8.07. The van der Waals surface area contributed by atoms with Gasteiger partial charge in [-0.15, -0.1) is 0 Å². The summed E-state index contributed by atoms with van der Waals surface area (Å²) >= 11 is 1.63. The van der Waals surface area contributed by atoms with Crippen molar-refractivity contribution in [2.75, 3.05) is 13.2 Å². The minimum absolute atomic E-state index is 0.00169. The summed E-state index contributed by atoms with van der Waals surface area (Å²) in [6.45, 7) is 2.27. The molecule has 1 aliphatic carbocycles. The molecular formula is C16H18N2O2S. The van der Waals surface area contributed by atoms with Crippen molar-refractivity contribution in [3.8, 4) is 11.3 Å². The Morgan fingerprint density at radius 1 is 1.43 bits per heavy atom. The molecule has 1 aliphatic rings. The molecular weight excluding hydrogens is 284 g/mol. The summed E-state index contributed by atoms with van der Waals surface area (Å²) in [6.07, 6.45) is 2.07. The maximum Gasteiger partial charge on any atom is 0.256 e. The van der Waals surface area contributed by atoms with Crippen LogP contribution in [0.25, 0.3) is 11.3 Å². The number of hydrogen-bond donors (Lipinski definition) is 1. The summed E-state index contributed by atoms with van der Waals surface area (Å²) in [7, 11) is 0. The van der Waals surface area contributed by atoms with E-state index in [0.29, 0.717) is 18.2 Å². The van der Waals surface area contributed by atoms with Crippen molar-refractivity contribution in [2.24, 2.45) is 0 Å². The Hall–Kier alpha value is -1.72. The van der Waals surface area contributed by atoms with Crippen LogP contribution in [0.5, 0.6) is 0 Å². The quantitative estimate of drug-likeness (QED) is 0.924. The number of hydrogen-bond acceptors (Lipinski definition) is 4. The van der Waals surface area contributed by atoms with Gasteiger partial charge < -0.3 is 10.0 Å². The molecule has 21 heavy (non-hydrogen) atoms. The number of amides is 1. The SMILES string of the molecule is Cc1nc(-c2ccsc2)ccc1C(=O)N(CCO)C1CC1. The second-order valence-corrected chi connectivity index (χ2v) is 6.07. The van der Waals surface area contributed by atoms with E-state index < -0.39 is 0 Å². The van der Waals surface area contributed by atoms with Gasteiger partial charge in [0.05, 0.1) is 23.6 Å². The Kier molecular flexibility index (Phi) is 4.03. The number of thiophene rings is 1. The fourth-order valence-corrected chi connectivity index (χ4v) is 3.11. The van der Waals surface area contributed by atoms with Crippen molar-refractivity contribution >= 4 is 17.2 Å². The Morgan fingerprint density at radius 2 is 2.24 bits per heavy atom. The highest BCUT2D eigenvalue weighted by atomic mass is 32.1. The molecule has 2 aromatic heterocycles. The second kappa shape index (κ2) is 5.95. The number of carbonyl (C=O) groups is 1. The Morgan fingerprint density at radius 3 is 2.81 bits per heavy atom. The lowest BCUT2D eigenvalue weighted by atomic mass is 10.1. The van der Waals surface area contributed by atoms with Crippen molar-refractivity contribution in [2.45, 2.75) is 25.8 Å². The molecule has 4 nitrogen and oxygen atoms in total. The summed E-state index contributed by atoms with van der Waals surface area (Å²) in [5, 5.41) is 13.2. The van der Waals surface area contributed by atoms with Gasteiger partial charge in [0.1, 0.15) is 0 Å². The number of carbonyl (C=O) groups excluding carboxylic acids is 1. The molecule has 110 valence electrons. The van der Waals surface area contributed by atoms with Gasteiger partial charge in [-0.1, -0.05) is 0 Å². The largest absolute Gasteiger partial charge is 0.395 e. The molecule has 1 amide bonds. The molecule has 0 unspecified atom stereocenters. The van der Waals surface area contributed by atoms with Gasteiger partial charge in [-0.25, -0.2) is 0 Å². The highest BCUT2D eigenvalue weighted by Crippen LogP contribution is 2.29. The molecule has 3 rings (SSSR count). The van der Waals surface area contributed by atoms with Gasteiger partial charge in [0.15, 0.2) is 0 Å². The normalized spacial score (nSPS) is 14.2. The summed E-state index contributed by atoms with van der Waals surface area (Å²) in [4.78, 5) is 18.9. The summed E-state index contributed by atoms with van der Waals surface area (Å²) in [5.74, 6) is -0.0200. The highest BCUT2D eigenvalue weighted by molar-refractivity contribution is 7.08. The van der Waals surface area contributed by atoms with E-state index in [1.165, 1.54) is 0 Å². The average molecular weight is 302 g/mol. The van der Waals surface area contributed by atoms with Crippen LogP contribution in [0, 0.1) is 6.92 Å². The Bertz CT molecular complexity index is 636. The predicted molar refractivity (Wildman–Crippen MR) is 83.4 cm³/mol. The molecule has 1 N–H and O–H groups in total. The van der Waals surface area contributed by atoms with Crippen molar-refractivity contribution in [1.82, 2.24) is 9.88 Å². The van der Waals surface area contributed by atoms with Crippen LogP contribution < -0.4 is 0 Å². The molecule has 0 aromatic carbocycles. The number of aliphatic hydroxyl groups excluding tert-OH is 1.